The summed E-state index contributed by atoms with van der Waals surface area (Å²) in [7, 11) is 0. The number of esters is 3. The zero-order chi connectivity index (χ0) is 59.9. The molecule has 0 heterocycles. The summed E-state index contributed by atoms with van der Waals surface area (Å²) in [6, 6.07) is 0. The highest BCUT2D eigenvalue weighted by atomic mass is 16.6. The predicted molar refractivity (Wildman–Crippen MR) is 362 cm³/mol. The summed E-state index contributed by atoms with van der Waals surface area (Å²) >= 11 is 0. The first-order valence-corrected chi connectivity index (χ1v) is 36.1. The number of hydrogen-bond acceptors (Lipinski definition) is 6. The average molecular weight is 1160 g/mol. The third kappa shape index (κ3) is 69.3. The van der Waals surface area contributed by atoms with Crippen molar-refractivity contribution in [2.24, 2.45) is 0 Å². The standard InChI is InChI=1S/C77H136O6/c1-4-7-10-13-16-19-22-25-28-30-32-33-34-35-36-37-38-39-40-41-42-43-45-46-49-52-55-58-61-64-67-70-76(79)82-73-74(72-81-75(78)69-66-63-60-57-54-51-48-27-24-21-18-15-12-9-6-3)83-77(80)71-68-65-62-59-56-53-50-47-44-31-29-26-23-20-17-14-11-8-5-2/h9,12,18,21-22,25-27,29-30,32,34-35,48,74H,4-8,10-11,13-17,19-20,23-24,28,31,33,36-47,49-73H2,1-3H3/b12-9-,21-18-,25-22-,29-26-,32-30-,35-34-,48-27-. The number of ether oxygens (including phenoxy) is 3. The Labute approximate surface area is 515 Å². The topological polar surface area (TPSA) is 78.9 Å². The number of carbonyl (C=O) groups excluding carboxylic acids is 3. The molecule has 0 aromatic rings. The van der Waals surface area contributed by atoms with Crippen LogP contribution in [0.2, 0.25) is 0 Å². The van der Waals surface area contributed by atoms with Crippen LogP contribution in [0, 0.1) is 0 Å². The molecule has 0 aromatic heterocycles. The second-order valence-corrected chi connectivity index (χ2v) is 24.1. The zero-order valence-corrected chi connectivity index (χ0v) is 55.2. The molecule has 1 unspecified atom stereocenters. The molecule has 0 radical (unpaired) electrons. The van der Waals surface area contributed by atoms with Crippen LogP contribution >= 0.6 is 0 Å². The smallest absolute Gasteiger partial charge is 0.306 e. The van der Waals surface area contributed by atoms with E-state index in [2.05, 4.69) is 106 Å². The Balaban J connectivity index is 4.24. The van der Waals surface area contributed by atoms with Gasteiger partial charge in [0, 0.05) is 19.3 Å². The maximum Gasteiger partial charge on any atom is 0.306 e. The van der Waals surface area contributed by atoms with Crippen LogP contribution in [0.15, 0.2) is 85.1 Å². The minimum absolute atomic E-state index is 0.0802. The van der Waals surface area contributed by atoms with Gasteiger partial charge in [0.05, 0.1) is 0 Å². The molecule has 6 nitrogen and oxygen atoms in total. The number of rotatable bonds is 66. The first-order valence-electron chi connectivity index (χ1n) is 36.1. The van der Waals surface area contributed by atoms with Gasteiger partial charge in [-0.05, 0) is 116 Å². The van der Waals surface area contributed by atoms with Gasteiger partial charge in [-0.15, -0.1) is 0 Å². The lowest BCUT2D eigenvalue weighted by atomic mass is 10.0. The molecule has 0 aliphatic rings. The van der Waals surface area contributed by atoms with E-state index in [4.69, 9.17) is 14.2 Å². The van der Waals surface area contributed by atoms with Crippen LogP contribution in [0.1, 0.15) is 367 Å². The van der Waals surface area contributed by atoms with Gasteiger partial charge in [-0.3, -0.25) is 14.4 Å². The van der Waals surface area contributed by atoms with Crippen LogP contribution in [0.4, 0.5) is 0 Å². The third-order valence-electron chi connectivity index (χ3n) is 15.9. The lowest BCUT2D eigenvalue weighted by Gasteiger charge is -2.18. The van der Waals surface area contributed by atoms with Gasteiger partial charge in [-0.1, -0.05) is 318 Å². The molecule has 0 fully saturated rings. The molecule has 0 aliphatic carbocycles. The maximum atomic E-state index is 13.0. The second kappa shape index (κ2) is 71.1. The highest BCUT2D eigenvalue weighted by Crippen LogP contribution is 2.17. The summed E-state index contributed by atoms with van der Waals surface area (Å²) in [6.07, 6.45) is 94.7. The molecule has 0 bridgehead atoms. The molecule has 0 N–H and O–H groups in total. The minimum atomic E-state index is -0.786. The Bertz CT molecular complexity index is 1570. The number of carbonyl (C=O) groups is 3. The molecule has 0 aromatic carbocycles. The van der Waals surface area contributed by atoms with Crippen molar-refractivity contribution in [3.8, 4) is 0 Å². The van der Waals surface area contributed by atoms with Gasteiger partial charge < -0.3 is 14.2 Å². The van der Waals surface area contributed by atoms with Crippen molar-refractivity contribution >= 4 is 17.9 Å². The van der Waals surface area contributed by atoms with E-state index in [-0.39, 0.29) is 31.1 Å². The molecule has 1 atom stereocenters. The molecule has 0 saturated carbocycles. The fraction of sp³-hybridized carbons (Fsp3) is 0.779. The lowest BCUT2D eigenvalue weighted by Crippen LogP contribution is -2.30. The first kappa shape index (κ1) is 79.6. The predicted octanol–water partition coefficient (Wildman–Crippen LogP) is 25.0. The van der Waals surface area contributed by atoms with Crippen molar-refractivity contribution in [1.29, 1.82) is 0 Å². The summed E-state index contributed by atoms with van der Waals surface area (Å²) in [5, 5.41) is 0. The molecule has 0 amide bonds. The SMILES string of the molecule is CC/C=C\C/C=C\C/C=C\CCCCCCCC(=O)OCC(COC(=O)CCCCCCCCCCCCCCCCCC/C=C\C/C=C\C/C=C\CCCCCCC)OC(=O)CCCCCCCCCCC/C=C\CCCCCCCC. The van der Waals surface area contributed by atoms with Gasteiger partial charge in [0.1, 0.15) is 13.2 Å². The first-order chi connectivity index (χ1) is 41.0. The van der Waals surface area contributed by atoms with E-state index in [1.165, 1.54) is 218 Å². The van der Waals surface area contributed by atoms with Crippen molar-refractivity contribution < 1.29 is 28.6 Å². The molecule has 0 spiro atoms. The largest absolute Gasteiger partial charge is 0.462 e. The van der Waals surface area contributed by atoms with E-state index in [0.29, 0.717) is 19.3 Å². The molecular formula is C77H136O6. The number of unbranched alkanes of at least 4 members (excludes halogenated alkanes) is 41. The summed E-state index contributed by atoms with van der Waals surface area (Å²) in [5.41, 5.74) is 0. The highest BCUT2D eigenvalue weighted by molar-refractivity contribution is 5.71. The van der Waals surface area contributed by atoms with Crippen molar-refractivity contribution in [3.05, 3.63) is 85.1 Å². The van der Waals surface area contributed by atoms with Crippen LogP contribution in [0.25, 0.3) is 0 Å². The Morgan fingerprint density at radius 3 is 0.747 bits per heavy atom. The summed E-state index contributed by atoms with van der Waals surface area (Å²) in [6.45, 7) is 6.54. The summed E-state index contributed by atoms with van der Waals surface area (Å²) < 4.78 is 17.0. The molecule has 0 saturated heterocycles. The van der Waals surface area contributed by atoms with E-state index in [0.717, 1.165) is 109 Å². The molecule has 0 aliphatic heterocycles. The Hall–Kier alpha value is -3.41. The van der Waals surface area contributed by atoms with Crippen LogP contribution in [0.5, 0.6) is 0 Å². The van der Waals surface area contributed by atoms with Gasteiger partial charge in [0.2, 0.25) is 0 Å². The van der Waals surface area contributed by atoms with Crippen LogP contribution in [-0.4, -0.2) is 37.2 Å². The molecule has 83 heavy (non-hydrogen) atoms. The van der Waals surface area contributed by atoms with Crippen LogP contribution in [0.3, 0.4) is 0 Å². The van der Waals surface area contributed by atoms with Gasteiger partial charge in [0.15, 0.2) is 6.10 Å². The molecule has 6 heteroatoms. The number of hydrogen-bond donors (Lipinski definition) is 0. The van der Waals surface area contributed by atoms with Gasteiger partial charge in [-0.25, -0.2) is 0 Å². The van der Waals surface area contributed by atoms with E-state index in [9.17, 15) is 14.4 Å². The Morgan fingerprint density at radius 2 is 0.470 bits per heavy atom. The fourth-order valence-corrected chi connectivity index (χ4v) is 10.5. The van der Waals surface area contributed by atoms with Crippen molar-refractivity contribution in [2.45, 2.75) is 374 Å². The molecule has 0 rings (SSSR count). The van der Waals surface area contributed by atoms with Crippen molar-refractivity contribution in [3.63, 3.8) is 0 Å². The number of allylic oxidation sites excluding steroid dienone is 14. The second-order valence-electron chi connectivity index (χ2n) is 24.1. The molecular weight excluding hydrogens is 1020 g/mol. The summed E-state index contributed by atoms with van der Waals surface area (Å²) in [5.74, 6) is -0.881. The molecule has 480 valence electrons. The maximum absolute atomic E-state index is 13.0. The van der Waals surface area contributed by atoms with Crippen molar-refractivity contribution in [1.82, 2.24) is 0 Å². The monoisotopic (exact) mass is 1160 g/mol. The minimum Gasteiger partial charge on any atom is -0.462 e. The van der Waals surface area contributed by atoms with E-state index < -0.39 is 6.10 Å². The van der Waals surface area contributed by atoms with E-state index in [1.807, 2.05) is 0 Å². The summed E-state index contributed by atoms with van der Waals surface area (Å²) in [4.78, 5) is 38.4. The van der Waals surface area contributed by atoms with Gasteiger partial charge >= 0.3 is 17.9 Å². The quantitative estimate of drug-likeness (QED) is 0.0261. The van der Waals surface area contributed by atoms with E-state index >= 15 is 0 Å². The average Bonchev–Trinajstić information content (AvgIpc) is 3.50. The van der Waals surface area contributed by atoms with Crippen molar-refractivity contribution in [2.75, 3.05) is 13.2 Å². The van der Waals surface area contributed by atoms with Gasteiger partial charge in [-0.2, -0.15) is 0 Å². The zero-order valence-electron chi connectivity index (χ0n) is 55.2. The normalized spacial score (nSPS) is 12.6. The Kier molecular flexibility index (Phi) is 68.2. The Morgan fingerprint density at radius 1 is 0.253 bits per heavy atom. The lowest BCUT2D eigenvalue weighted by molar-refractivity contribution is -0.167. The highest BCUT2D eigenvalue weighted by Gasteiger charge is 2.19. The van der Waals surface area contributed by atoms with Crippen LogP contribution in [-0.2, 0) is 28.6 Å². The third-order valence-corrected chi connectivity index (χ3v) is 15.9. The van der Waals surface area contributed by atoms with Crippen LogP contribution < -0.4 is 0 Å². The van der Waals surface area contributed by atoms with Gasteiger partial charge in [0.25, 0.3) is 0 Å². The van der Waals surface area contributed by atoms with E-state index in [1.54, 1.807) is 0 Å². The fourth-order valence-electron chi connectivity index (χ4n) is 10.5.